The van der Waals surface area contributed by atoms with Crippen molar-refractivity contribution >= 4 is 22.3 Å². The molecule has 0 atom stereocenters. The van der Waals surface area contributed by atoms with E-state index in [9.17, 15) is 4.79 Å². The zero-order valence-corrected chi connectivity index (χ0v) is 15.3. The number of aromatic amines is 2. The van der Waals surface area contributed by atoms with Crippen molar-refractivity contribution in [3.63, 3.8) is 0 Å². The zero-order valence-electron chi connectivity index (χ0n) is 15.3. The average Bonchev–Trinajstić information content (AvgIpc) is 3.37. The monoisotopic (exact) mass is 353 g/mol. The summed E-state index contributed by atoms with van der Waals surface area (Å²) in [6, 6.07) is 12.5. The minimum absolute atomic E-state index is 0.0560. The summed E-state index contributed by atoms with van der Waals surface area (Å²) in [6.07, 6.45) is 6.50. The minimum atomic E-state index is -0.0560. The normalized spacial score (nSPS) is 13.0. The van der Waals surface area contributed by atoms with E-state index in [4.69, 9.17) is 0 Å². The van der Waals surface area contributed by atoms with Gasteiger partial charge >= 0.3 is 0 Å². The molecule has 0 saturated carbocycles. The van der Waals surface area contributed by atoms with Crippen LogP contribution in [0.1, 0.15) is 32.9 Å². The average molecular weight is 353 g/mol. The SMILES string of the molecule is Cc1ccc2c(c1)CC=C2C(=O)c1ncc(-c2c[nH]c3cc(C)ccc23)[nH]1. The molecule has 2 aromatic carbocycles. The molecule has 5 rings (SSSR count). The number of benzene rings is 2. The molecule has 2 heterocycles. The van der Waals surface area contributed by atoms with Crippen LogP contribution in [0.25, 0.3) is 27.7 Å². The van der Waals surface area contributed by atoms with Crippen molar-refractivity contribution in [2.75, 3.05) is 0 Å². The number of nitrogens with zero attached hydrogens (tertiary/aromatic N) is 1. The molecule has 0 aliphatic heterocycles. The van der Waals surface area contributed by atoms with Gasteiger partial charge in [-0.05, 0) is 43.0 Å². The Bertz CT molecular complexity index is 1240. The fraction of sp³-hybridized carbons (Fsp3) is 0.130. The number of aromatic nitrogens is 3. The second-order valence-corrected chi connectivity index (χ2v) is 7.21. The molecule has 1 aliphatic rings. The third kappa shape index (κ3) is 2.53. The summed E-state index contributed by atoms with van der Waals surface area (Å²) in [5.41, 5.74) is 8.33. The Kier molecular flexibility index (Phi) is 3.41. The van der Waals surface area contributed by atoms with Gasteiger partial charge in [0.1, 0.15) is 0 Å². The van der Waals surface area contributed by atoms with E-state index in [1.165, 1.54) is 16.7 Å². The van der Waals surface area contributed by atoms with Gasteiger partial charge in [0, 0.05) is 28.2 Å². The molecule has 0 unspecified atom stereocenters. The van der Waals surface area contributed by atoms with E-state index in [1.54, 1.807) is 6.20 Å². The van der Waals surface area contributed by atoms with Crippen molar-refractivity contribution in [3.05, 3.63) is 82.9 Å². The molecule has 2 N–H and O–H groups in total. The lowest BCUT2D eigenvalue weighted by atomic mass is 10.0. The van der Waals surface area contributed by atoms with Gasteiger partial charge in [-0.2, -0.15) is 0 Å². The van der Waals surface area contributed by atoms with Gasteiger partial charge in [0.15, 0.2) is 5.82 Å². The summed E-state index contributed by atoms with van der Waals surface area (Å²) in [7, 11) is 0. The van der Waals surface area contributed by atoms with Gasteiger partial charge in [0.25, 0.3) is 0 Å². The first kappa shape index (κ1) is 15.8. The summed E-state index contributed by atoms with van der Waals surface area (Å²) in [5, 5.41) is 1.11. The highest BCUT2D eigenvalue weighted by Crippen LogP contribution is 2.32. The highest BCUT2D eigenvalue weighted by atomic mass is 16.1. The predicted octanol–water partition coefficient (Wildman–Crippen LogP) is 5.00. The first-order valence-electron chi connectivity index (χ1n) is 9.08. The van der Waals surface area contributed by atoms with Crippen LogP contribution in [0, 0.1) is 13.8 Å². The van der Waals surface area contributed by atoms with Crippen molar-refractivity contribution < 1.29 is 4.79 Å². The van der Waals surface area contributed by atoms with Crippen molar-refractivity contribution in [1.82, 2.24) is 15.0 Å². The second kappa shape index (κ2) is 5.81. The van der Waals surface area contributed by atoms with Gasteiger partial charge < -0.3 is 9.97 Å². The number of ketones is 1. The Hall–Kier alpha value is -3.40. The molecule has 2 aromatic heterocycles. The van der Waals surface area contributed by atoms with E-state index in [0.717, 1.165) is 39.7 Å². The molecule has 0 radical (unpaired) electrons. The van der Waals surface area contributed by atoms with E-state index in [1.807, 2.05) is 24.4 Å². The van der Waals surface area contributed by atoms with E-state index in [2.05, 4.69) is 53.1 Å². The maximum absolute atomic E-state index is 13.0. The van der Waals surface area contributed by atoms with Crippen molar-refractivity contribution in [2.24, 2.45) is 0 Å². The number of aryl methyl sites for hydroxylation is 2. The maximum atomic E-state index is 13.0. The number of carbonyl (C=O) groups excluding carboxylic acids is 1. The third-order valence-corrected chi connectivity index (χ3v) is 5.24. The maximum Gasteiger partial charge on any atom is 0.228 e. The molecule has 0 saturated heterocycles. The lowest BCUT2D eigenvalue weighted by molar-refractivity contribution is 0.104. The van der Waals surface area contributed by atoms with Gasteiger partial charge in [-0.1, -0.05) is 42.0 Å². The van der Waals surface area contributed by atoms with Gasteiger partial charge in [-0.25, -0.2) is 4.98 Å². The molecule has 4 aromatic rings. The fourth-order valence-electron chi connectivity index (χ4n) is 3.86. The number of fused-ring (bicyclic) bond motifs is 2. The van der Waals surface area contributed by atoms with Gasteiger partial charge in [-0.15, -0.1) is 0 Å². The number of hydrogen-bond acceptors (Lipinski definition) is 2. The van der Waals surface area contributed by atoms with Crippen LogP contribution in [-0.2, 0) is 6.42 Å². The predicted molar refractivity (Wildman–Crippen MR) is 108 cm³/mol. The number of hydrogen-bond donors (Lipinski definition) is 2. The molecule has 4 nitrogen and oxygen atoms in total. The zero-order chi connectivity index (χ0) is 18.5. The van der Waals surface area contributed by atoms with Crippen molar-refractivity contribution in [3.8, 4) is 11.3 Å². The van der Waals surface area contributed by atoms with E-state index >= 15 is 0 Å². The highest BCUT2D eigenvalue weighted by molar-refractivity contribution is 6.28. The van der Waals surface area contributed by atoms with Crippen LogP contribution in [0.5, 0.6) is 0 Å². The molecule has 0 spiro atoms. The third-order valence-electron chi connectivity index (χ3n) is 5.24. The Morgan fingerprint density at radius 3 is 2.74 bits per heavy atom. The molecular weight excluding hydrogens is 334 g/mol. The van der Waals surface area contributed by atoms with Crippen LogP contribution in [0.3, 0.4) is 0 Å². The topological polar surface area (TPSA) is 61.5 Å². The first-order valence-corrected chi connectivity index (χ1v) is 9.08. The number of Topliss-reactive ketones (excluding diaryl/α,β-unsaturated/α-hetero) is 1. The molecule has 27 heavy (non-hydrogen) atoms. The molecule has 1 aliphatic carbocycles. The van der Waals surface area contributed by atoms with Gasteiger partial charge in [0.05, 0.1) is 11.9 Å². The first-order chi connectivity index (χ1) is 13.1. The Balaban J connectivity index is 1.50. The molecule has 4 heteroatoms. The summed E-state index contributed by atoms with van der Waals surface area (Å²) in [4.78, 5) is 23.9. The summed E-state index contributed by atoms with van der Waals surface area (Å²) in [6.45, 7) is 4.14. The van der Waals surface area contributed by atoms with Crippen molar-refractivity contribution in [2.45, 2.75) is 20.3 Å². The Labute approximate surface area is 157 Å². The summed E-state index contributed by atoms with van der Waals surface area (Å²) in [5.74, 6) is 0.325. The molecule has 132 valence electrons. The number of carbonyl (C=O) groups is 1. The van der Waals surface area contributed by atoms with Crippen LogP contribution in [0.15, 0.2) is 54.9 Å². The minimum Gasteiger partial charge on any atom is -0.360 e. The largest absolute Gasteiger partial charge is 0.360 e. The number of nitrogens with one attached hydrogen (secondary N) is 2. The van der Waals surface area contributed by atoms with Crippen LogP contribution < -0.4 is 0 Å². The molecular formula is C23H19N3O. The number of imidazole rings is 1. The van der Waals surface area contributed by atoms with E-state index in [-0.39, 0.29) is 5.78 Å². The van der Waals surface area contributed by atoms with E-state index < -0.39 is 0 Å². The summed E-state index contributed by atoms with van der Waals surface area (Å²) < 4.78 is 0. The van der Waals surface area contributed by atoms with E-state index in [0.29, 0.717) is 5.82 Å². The summed E-state index contributed by atoms with van der Waals surface area (Å²) >= 11 is 0. The number of allylic oxidation sites excluding steroid dienone is 2. The Morgan fingerprint density at radius 1 is 1.04 bits per heavy atom. The number of rotatable bonds is 3. The lowest BCUT2D eigenvalue weighted by Gasteiger charge is -2.04. The molecule has 0 fully saturated rings. The number of H-pyrrole nitrogens is 2. The van der Waals surface area contributed by atoms with Crippen LogP contribution in [0.4, 0.5) is 0 Å². The molecule has 0 bridgehead atoms. The van der Waals surface area contributed by atoms with Gasteiger partial charge in [-0.3, -0.25) is 4.79 Å². The standard InChI is InChI=1S/C23H19N3O/c1-13-3-6-16-15(9-13)5-8-18(16)22(27)23-25-12-21(26-23)19-11-24-20-10-14(2)4-7-17(19)20/h3-4,6-12,24H,5H2,1-2H3,(H,25,26). The van der Waals surface area contributed by atoms with Crippen molar-refractivity contribution in [1.29, 1.82) is 0 Å². The van der Waals surface area contributed by atoms with Crippen LogP contribution >= 0.6 is 0 Å². The van der Waals surface area contributed by atoms with Crippen LogP contribution in [-0.4, -0.2) is 20.7 Å². The highest BCUT2D eigenvalue weighted by Gasteiger charge is 2.23. The second-order valence-electron chi connectivity index (χ2n) is 7.21. The molecule has 0 amide bonds. The quantitative estimate of drug-likeness (QED) is 0.509. The Morgan fingerprint density at radius 2 is 1.85 bits per heavy atom. The van der Waals surface area contributed by atoms with Crippen LogP contribution in [0.2, 0.25) is 0 Å². The van der Waals surface area contributed by atoms with Gasteiger partial charge in [0.2, 0.25) is 5.78 Å². The smallest absolute Gasteiger partial charge is 0.228 e. The fourth-order valence-corrected chi connectivity index (χ4v) is 3.86. The lowest BCUT2D eigenvalue weighted by Crippen LogP contribution is -2.04.